The van der Waals surface area contributed by atoms with E-state index in [1.807, 2.05) is 0 Å². The average molecular weight is 163 g/mol. The lowest BCUT2D eigenvalue weighted by Gasteiger charge is -2.15. The van der Waals surface area contributed by atoms with Crippen LogP contribution in [0.25, 0.3) is 0 Å². The van der Waals surface area contributed by atoms with Crippen molar-refractivity contribution in [1.82, 2.24) is 0 Å². The van der Waals surface area contributed by atoms with E-state index in [1.165, 1.54) is 25.7 Å². The number of alkyl halides is 1. The van der Waals surface area contributed by atoms with E-state index in [1.54, 1.807) is 0 Å². The highest BCUT2D eigenvalue weighted by Crippen LogP contribution is 2.19. The quantitative estimate of drug-likeness (QED) is 0.539. The smallest absolute Gasteiger partial charge is 0.0361 e. The second-order valence-corrected chi connectivity index (χ2v) is 3.63. The van der Waals surface area contributed by atoms with Gasteiger partial charge in [0.05, 0.1) is 0 Å². The summed E-state index contributed by atoms with van der Waals surface area (Å²) in [6.45, 7) is 6.65. The van der Waals surface area contributed by atoms with E-state index in [-0.39, 0.29) is 0 Å². The third kappa shape index (κ3) is 4.16. The monoisotopic (exact) mass is 162 g/mol. The van der Waals surface area contributed by atoms with Crippen LogP contribution in [0, 0.1) is 5.92 Å². The molecule has 0 heterocycles. The maximum atomic E-state index is 6.11. The Morgan fingerprint density at radius 1 is 1.10 bits per heavy atom. The second kappa shape index (κ2) is 6.03. The Kier molecular flexibility index (Phi) is 6.20. The minimum atomic E-state index is 0.407. The molecule has 0 aliphatic rings. The van der Waals surface area contributed by atoms with Gasteiger partial charge in [-0.05, 0) is 18.8 Å². The van der Waals surface area contributed by atoms with Gasteiger partial charge in [-0.25, -0.2) is 0 Å². The molecule has 0 aliphatic heterocycles. The molecule has 0 rings (SSSR count). The normalized spacial score (nSPS) is 16.8. The van der Waals surface area contributed by atoms with Crippen LogP contribution in [0.3, 0.4) is 0 Å². The van der Waals surface area contributed by atoms with Crippen molar-refractivity contribution in [3.8, 4) is 0 Å². The number of hydrogen-bond donors (Lipinski definition) is 0. The molecule has 0 saturated carbocycles. The fourth-order valence-corrected chi connectivity index (χ4v) is 1.54. The van der Waals surface area contributed by atoms with E-state index in [2.05, 4.69) is 20.8 Å². The zero-order chi connectivity index (χ0) is 7.98. The SMILES string of the molecule is CCCC(Cl)[C@@H](C)CCC. The molecular formula is C9H19Cl. The lowest BCUT2D eigenvalue weighted by atomic mass is 9.99. The molecular weight excluding hydrogens is 144 g/mol. The molecule has 62 valence electrons. The fraction of sp³-hybridized carbons (Fsp3) is 1.00. The second-order valence-electron chi connectivity index (χ2n) is 3.07. The van der Waals surface area contributed by atoms with Crippen LogP contribution < -0.4 is 0 Å². The Balaban J connectivity index is 3.38. The maximum Gasteiger partial charge on any atom is 0.0361 e. The molecule has 0 spiro atoms. The Bertz CT molecular complexity index is 61.1. The van der Waals surface area contributed by atoms with Crippen LogP contribution in [0.1, 0.15) is 46.5 Å². The first-order valence-electron chi connectivity index (χ1n) is 4.36. The third-order valence-electron chi connectivity index (χ3n) is 1.93. The van der Waals surface area contributed by atoms with Gasteiger partial charge in [-0.3, -0.25) is 0 Å². The van der Waals surface area contributed by atoms with Crippen molar-refractivity contribution in [2.24, 2.45) is 5.92 Å². The van der Waals surface area contributed by atoms with Crippen LogP contribution in [-0.4, -0.2) is 5.38 Å². The van der Waals surface area contributed by atoms with Gasteiger partial charge in [0, 0.05) is 5.38 Å². The summed E-state index contributed by atoms with van der Waals surface area (Å²) in [5.41, 5.74) is 0. The zero-order valence-electron chi connectivity index (χ0n) is 7.36. The third-order valence-corrected chi connectivity index (χ3v) is 2.57. The van der Waals surface area contributed by atoms with Gasteiger partial charge in [0.15, 0.2) is 0 Å². The fourth-order valence-electron chi connectivity index (χ4n) is 1.20. The van der Waals surface area contributed by atoms with Crippen LogP contribution in [0.4, 0.5) is 0 Å². The molecule has 0 fully saturated rings. The van der Waals surface area contributed by atoms with E-state index < -0.39 is 0 Å². The molecule has 0 aromatic carbocycles. The summed E-state index contributed by atoms with van der Waals surface area (Å²) in [6.07, 6.45) is 4.91. The van der Waals surface area contributed by atoms with Crippen molar-refractivity contribution in [3.05, 3.63) is 0 Å². The molecule has 1 heteroatoms. The van der Waals surface area contributed by atoms with Gasteiger partial charge in [-0.2, -0.15) is 0 Å². The summed E-state index contributed by atoms with van der Waals surface area (Å²) >= 11 is 6.11. The van der Waals surface area contributed by atoms with E-state index in [4.69, 9.17) is 11.6 Å². The lowest BCUT2D eigenvalue weighted by molar-refractivity contribution is 0.474. The molecule has 0 aromatic rings. The predicted octanol–water partition coefficient (Wildman–Crippen LogP) is 3.83. The van der Waals surface area contributed by atoms with E-state index >= 15 is 0 Å². The van der Waals surface area contributed by atoms with Crippen molar-refractivity contribution in [1.29, 1.82) is 0 Å². The standard InChI is InChI=1S/C9H19Cl/c1-4-6-8(3)9(10)7-5-2/h8-9H,4-7H2,1-3H3/t8-,9?/m0/s1. The molecule has 0 amide bonds. The Labute approximate surface area is 70.0 Å². The minimum Gasteiger partial charge on any atom is -0.123 e. The Hall–Kier alpha value is 0.290. The maximum absolute atomic E-state index is 6.11. The minimum absolute atomic E-state index is 0.407. The highest BCUT2D eigenvalue weighted by molar-refractivity contribution is 6.20. The van der Waals surface area contributed by atoms with Crippen molar-refractivity contribution in [2.45, 2.75) is 51.8 Å². The number of rotatable bonds is 5. The highest BCUT2D eigenvalue weighted by atomic mass is 35.5. The van der Waals surface area contributed by atoms with Gasteiger partial charge in [-0.15, -0.1) is 11.6 Å². The number of halogens is 1. The number of hydrogen-bond acceptors (Lipinski definition) is 0. The van der Waals surface area contributed by atoms with Gasteiger partial charge in [-0.1, -0.05) is 33.6 Å². The molecule has 0 aliphatic carbocycles. The van der Waals surface area contributed by atoms with Gasteiger partial charge in [0.2, 0.25) is 0 Å². The summed E-state index contributed by atoms with van der Waals surface area (Å²) in [5.74, 6) is 0.701. The van der Waals surface area contributed by atoms with Crippen molar-refractivity contribution >= 4 is 11.6 Å². The molecule has 0 aromatic heterocycles. The van der Waals surface area contributed by atoms with E-state index in [9.17, 15) is 0 Å². The van der Waals surface area contributed by atoms with Crippen LogP contribution in [0.5, 0.6) is 0 Å². The predicted molar refractivity (Wildman–Crippen MR) is 48.6 cm³/mol. The zero-order valence-corrected chi connectivity index (χ0v) is 8.12. The van der Waals surface area contributed by atoms with Crippen LogP contribution in [-0.2, 0) is 0 Å². The van der Waals surface area contributed by atoms with Crippen LogP contribution >= 0.6 is 11.6 Å². The highest BCUT2D eigenvalue weighted by Gasteiger charge is 2.11. The molecule has 0 saturated heterocycles. The first-order chi connectivity index (χ1) is 4.72. The van der Waals surface area contributed by atoms with Crippen molar-refractivity contribution in [3.63, 3.8) is 0 Å². The van der Waals surface area contributed by atoms with E-state index in [0.29, 0.717) is 11.3 Å². The first-order valence-corrected chi connectivity index (χ1v) is 4.80. The molecule has 0 bridgehead atoms. The lowest BCUT2D eigenvalue weighted by Crippen LogP contribution is -2.10. The largest absolute Gasteiger partial charge is 0.123 e. The van der Waals surface area contributed by atoms with Gasteiger partial charge >= 0.3 is 0 Å². The summed E-state index contributed by atoms with van der Waals surface area (Å²) in [4.78, 5) is 0. The van der Waals surface area contributed by atoms with Crippen LogP contribution in [0.2, 0.25) is 0 Å². The molecule has 2 atom stereocenters. The van der Waals surface area contributed by atoms with Gasteiger partial charge in [0.25, 0.3) is 0 Å². The van der Waals surface area contributed by atoms with Gasteiger partial charge < -0.3 is 0 Å². The van der Waals surface area contributed by atoms with Crippen molar-refractivity contribution in [2.75, 3.05) is 0 Å². The van der Waals surface area contributed by atoms with Gasteiger partial charge in [0.1, 0.15) is 0 Å². The molecule has 1 unspecified atom stereocenters. The summed E-state index contributed by atoms with van der Waals surface area (Å²) < 4.78 is 0. The van der Waals surface area contributed by atoms with Crippen LogP contribution in [0.15, 0.2) is 0 Å². The summed E-state index contributed by atoms with van der Waals surface area (Å²) in [6, 6.07) is 0. The Morgan fingerprint density at radius 3 is 2.00 bits per heavy atom. The molecule has 0 radical (unpaired) electrons. The topological polar surface area (TPSA) is 0 Å². The molecule has 10 heavy (non-hydrogen) atoms. The Morgan fingerprint density at radius 2 is 1.60 bits per heavy atom. The summed E-state index contributed by atoms with van der Waals surface area (Å²) in [7, 11) is 0. The molecule has 0 nitrogen and oxygen atoms in total. The molecule has 0 N–H and O–H groups in total. The van der Waals surface area contributed by atoms with Crippen molar-refractivity contribution < 1.29 is 0 Å². The van der Waals surface area contributed by atoms with E-state index in [0.717, 1.165) is 0 Å². The average Bonchev–Trinajstić information content (AvgIpc) is 1.89. The first kappa shape index (κ1) is 10.3. The summed E-state index contributed by atoms with van der Waals surface area (Å²) in [5, 5.41) is 0.407.